The summed E-state index contributed by atoms with van der Waals surface area (Å²) in [6, 6.07) is 0. The van der Waals surface area contributed by atoms with Gasteiger partial charge in [0.15, 0.2) is 0 Å². The molecular formula is C12H29Al2. The van der Waals surface area contributed by atoms with Gasteiger partial charge in [-0.1, -0.05) is 64.6 Å². The molecule has 1 radical (unpaired) electrons. The predicted octanol–water partition coefficient (Wildman–Crippen LogP) is 3.53. The summed E-state index contributed by atoms with van der Waals surface area (Å²) in [4.78, 5) is 0. The number of rotatable bonds is 5. The van der Waals surface area contributed by atoms with Crippen molar-refractivity contribution in [3.8, 4) is 0 Å². The van der Waals surface area contributed by atoms with E-state index in [1.807, 2.05) is 0 Å². The molecule has 0 aliphatic heterocycles. The Morgan fingerprint density at radius 2 is 1.07 bits per heavy atom. The highest BCUT2D eigenvalue weighted by atomic mass is 27.1. The minimum absolute atomic E-state index is 0.755. The van der Waals surface area contributed by atoms with Crippen LogP contribution < -0.4 is 0 Å². The first-order valence-corrected chi connectivity index (χ1v) is 9.26. The number of hydrogen-bond acceptors (Lipinski definition) is 0. The highest BCUT2D eigenvalue weighted by molar-refractivity contribution is 6.35. The van der Waals surface area contributed by atoms with Gasteiger partial charge in [0.2, 0.25) is 31.5 Å². The van der Waals surface area contributed by atoms with E-state index in [-0.39, 0.29) is 0 Å². The van der Waals surface area contributed by atoms with Crippen LogP contribution in [0, 0.1) is 17.8 Å². The Morgan fingerprint density at radius 1 is 0.786 bits per heavy atom. The summed E-state index contributed by atoms with van der Waals surface area (Å²) in [5, 5.41) is 4.41. The van der Waals surface area contributed by atoms with Gasteiger partial charge in [-0.05, 0) is 0 Å². The van der Waals surface area contributed by atoms with Gasteiger partial charge >= 0.3 is 0 Å². The molecule has 0 atom stereocenters. The molecule has 0 saturated carbocycles. The Labute approximate surface area is 106 Å². The van der Waals surface area contributed by atoms with Crippen molar-refractivity contribution in [2.24, 2.45) is 17.8 Å². The minimum Gasteiger partial charge on any atom is -0.102 e. The zero-order valence-electron chi connectivity index (χ0n) is 11.4. The Morgan fingerprint density at radius 3 is 1.21 bits per heavy atom. The average molecular weight is 227 g/mol. The summed E-state index contributed by atoms with van der Waals surface area (Å²) >= 11 is 2.13. The van der Waals surface area contributed by atoms with Crippen molar-refractivity contribution in [2.75, 3.05) is 0 Å². The summed E-state index contributed by atoms with van der Waals surface area (Å²) < 4.78 is 0. The topological polar surface area (TPSA) is 0 Å². The van der Waals surface area contributed by atoms with Crippen LogP contribution in [-0.2, 0) is 0 Å². The van der Waals surface area contributed by atoms with Crippen molar-refractivity contribution in [3.63, 3.8) is 0 Å². The van der Waals surface area contributed by atoms with Gasteiger partial charge in [-0.15, -0.1) is 10.6 Å². The van der Waals surface area contributed by atoms with E-state index < -0.39 is 0 Å². The molecule has 0 bridgehead atoms. The normalized spacial score (nSPS) is 10.4. The van der Waals surface area contributed by atoms with Crippen LogP contribution in [-0.4, -0.2) is 31.5 Å². The molecule has 0 amide bonds. The van der Waals surface area contributed by atoms with Crippen LogP contribution in [0.1, 0.15) is 41.5 Å². The minimum atomic E-state index is 0.755. The summed E-state index contributed by atoms with van der Waals surface area (Å²) in [6.45, 7) is 13.8. The van der Waals surface area contributed by atoms with E-state index >= 15 is 0 Å². The van der Waals surface area contributed by atoms with Crippen molar-refractivity contribution < 1.29 is 0 Å². The van der Waals surface area contributed by atoms with Gasteiger partial charge in [0.1, 0.15) is 0 Å². The molecule has 0 aromatic rings. The second-order valence-electron chi connectivity index (χ2n) is 5.35. The van der Waals surface area contributed by atoms with Crippen molar-refractivity contribution in [2.45, 2.75) is 57.4 Å². The largest absolute Gasteiger partial charge is 0.212 e. The van der Waals surface area contributed by atoms with Crippen LogP contribution in [0.25, 0.3) is 0 Å². The highest BCUT2D eigenvalue weighted by Crippen LogP contribution is 2.05. The van der Waals surface area contributed by atoms with E-state index in [4.69, 9.17) is 0 Å². The molecule has 0 aromatic carbocycles. The molecule has 0 N–H and O–H groups in total. The third kappa shape index (κ3) is 23.1. The first kappa shape index (κ1) is 17.5. The summed E-state index contributed by atoms with van der Waals surface area (Å²) in [5.74, 6) is 2.80. The fourth-order valence-electron chi connectivity index (χ4n) is 0.763. The molecular weight excluding hydrogens is 198 g/mol. The Hall–Kier alpha value is 1.06. The fourth-order valence-corrected chi connectivity index (χ4v) is 2.29. The van der Waals surface area contributed by atoms with Gasteiger partial charge in [-0.25, -0.2) is 0 Å². The molecule has 0 aliphatic rings. The lowest BCUT2D eigenvalue weighted by Crippen LogP contribution is -1.99. The maximum Gasteiger partial charge on any atom is 0.212 e. The molecule has 0 unspecified atom stereocenters. The molecule has 0 nitrogen and oxygen atoms in total. The van der Waals surface area contributed by atoms with Crippen LogP contribution in [0.5, 0.6) is 0 Å². The van der Waals surface area contributed by atoms with E-state index in [1.165, 1.54) is 32.1 Å². The zero-order valence-corrected chi connectivity index (χ0v) is 14.6. The molecule has 0 saturated heterocycles. The third-order valence-electron chi connectivity index (χ3n) is 2.09. The molecule has 0 aromatic heterocycles. The van der Waals surface area contributed by atoms with Gasteiger partial charge < -0.3 is 0 Å². The Balaban J connectivity index is 0. The molecule has 0 fully saturated rings. The second kappa shape index (κ2) is 12.1. The monoisotopic (exact) mass is 227 g/mol. The van der Waals surface area contributed by atoms with Gasteiger partial charge in [0.25, 0.3) is 0 Å². The van der Waals surface area contributed by atoms with Crippen LogP contribution >= 0.6 is 0 Å². The quantitative estimate of drug-likeness (QED) is 0.630. The molecule has 0 rings (SSSR count). The molecule has 2 heteroatoms. The zero-order chi connectivity index (χ0) is 11.6. The van der Waals surface area contributed by atoms with E-state index in [0.29, 0.717) is 0 Å². The van der Waals surface area contributed by atoms with E-state index in [2.05, 4.69) is 41.5 Å². The summed E-state index contributed by atoms with van der Waals surface area (Å²) in [7, 11) is 0. The predicted molar refractivity (Wildman–Crippen MR) is 73.2 cm³/mol. The first-order chi connectivity index (χ1) is 6.40. The van der Waals surface area contributed by atoms with E-state index in [1.54, 1.807) is 0 Å². The van der Waals surface area contributed by atoms with Crippen LogP contribution in [0.4, 0.5) is 0 Å². The molecule has 14 heavy (non-hydrogen) atoms. The summed E-state index contributed by atoms with van der Waals surface area (Å²) in [5.41, 5.74) is 0. The molecule has 0 heterocycles. The van der Waals surface area contributed by atoms with Gasteiger partial charge in [0, 0.05) is 0 Å². The van der Waals surface area contributed by atoms with E-state index in [9.17, 15) is 0 Å². The highest BCUT2D eigenvalue weighted by Gasteiger charge is 1.98. The van der Waals surface area contributed by atoms with Crippen molar-refractivity contribution in [3.05, 3.63) is 0 Å². The molecule has 0 aliphatic carbocycles. The maximum absolute atomic E-state index is 2.31. The van der Waals surface area contributed by atoms with Crippen LogP contribution in [0.15, 0.2) is 0 Å². The fraction of sp³-hybridized carbons (Fsp3) is 1.00. The first-order valence-electron chi connectivity index (χ1n) is 6.21. The van der Waals surface area contributed by atoms with Gasteiger partial charge in [-0.2, -0.15) is 0 Å². The maximum atomic E-state index is 2.31. The summed E-state index contributed by atoms with van der Waals surface area (Å²) in [6.07, 6.45) is 0. The van der Waals surface area contributed by atoms with Gasteiger partial charge in [-0.3, -0.25) is 0 Å². The molecule has 83 valence electrons. The van der Waals surface area contributed by atoms with Crippen LogP contribution in [0.3, 0.4) is 0 Å². The van der Waals surface area contributed by atoms with Gasteiger partial charge in [0.05, 0.1) is 0 Å². The third-order valence-corrected chi connectivity index (χ3v) is 6.28. The lowest BCUT2D eigenvalue weighted by atomic mass is 10.3. The standard InChI is InChI=1S/3C4H9.2Al.2H/c3*1-4(2)3;;;;/h3*4H,1H2,2-3H3;;;;. The SMILES string of the molecule is CC(C)[CH2][AlH2].CC(C)[CH2][Al][CH2]C(C)C. The molecule has 0 spiro atoms. The lowest BCUT2D eigenvalue weighted by molar-refractivity contribution is 0.700. The number of hydrogen-bond donors (Lipinski definition) is 0. The van der Waals surface area contributed by atoms with Crippen LogP contribution in [0.2, 0.25) is 15.8 Å². The van der Waals surface area contributed by atoms with Crippen molar-refractivity contribution in [1.29, 1.82) is 0 Å². The smallest absolute Gasteiger partial charge is 0.102 e. The Kier molecular flexibility index (Phi) is 15.1. The van der Waals surface area contributed by atoms with Crippen molar-refractivity contribution in [1.82, 2.24) is 0 Å². The Bertz CT molecular complexity index is 90.5. The average Bonchev–Trinajstić information content (AvgIpc) is 2.04. The van der Waals surface area contributed by atoms with Crippen molar-refractivity contribution >= 4 is 31.5 Å². The van der Waals surface area contributed by atoms with E-state index in [0.717, 1.165) is 33.0 Å². The second-order valence-corrected chi connectivity index (χ2v) is 7.69. The lowest BCUT2D eigenvalue weighted by Gasteiger charge is -2.03.